The van der Waals surface area contributed by atoms with E-state index >= 15 is 0 Å². The first-order chi connectivity index (χ1) is 9.07. The summed E-state index contributed by atoms with van der Waals surface area (Å²) in [6, 6.07) is -0.567. The topological polar surface area (TPSA) is 116 Å². The number of likely N-dealkylation sites (tertiary alicyclic amines) is 1. The van der Waals surface area contributed by atoms with Crippen LogP contribution in [0.4, 0.5) is 4.79 Å². The van der Waals surface area contributed by atoms with E-state index < -0.39 is 29.1 Å². The third kappa shape index (κ3) is 4.03. The van der Waals surface area contributed by atoms with Gasteiger partial charge in [0.1, 0.15) is 5.60 Å². The lowest BCUT2D eigenvalue weighted by Crippen LogP contribution is -2.54. The largest absolute Gasteiger partial charge is 0.481 e. The average Bonchev–Trinajstić information content (AvgIpc) is 2.26. The van der Waals surface area contributed by atoms with Crippen molar-refractivity contribution in [2.45, 2.75) is 45.8 Å². The van der Waals surface area contributed by atoms with Crippen LogP contribution in [0.5, 0.6) is 0 Å². The van der Waals surface area contributed by atoms with Gasteiger partial charge in [0.05, 0.1) is 11.5 Å². The number of hydrogen-bond acceptors (Lipinski definition) is 4. The number of carbonyl (C=O) groups excluding carboxylic acids is 1. The van der Waals surface area contributed by atoms with Gasteiger partial charge in [0.2, 0.25) is 0 Å². The van der Waals surface area contributed by atoms with Gasteiger partial charge in [-0.25, -0.2) is 4.79 Å². The first-order valence-electron chi connectivity index (χ1n) is 6.33. The maximum absolute atomic E-state index is 12.0. The van der Waals surface area contributed by atoms with Crippen LogP contribution in [0.3, 0.4) is 0 Å². The Morgan fingerprint density at radius 2 is 2.10 bits per heavy atom. The van der Waals surface area contributed by atoms with Crippen LogP contribution in [0, 0.1) is 5.41 Å². The molecule has 1 aliphatic heterocycles. The molecule has 0 saturated carbocycles. The van der Waals surface area contributed by atoms with E-state index in [1.165, 1.54) is 11.8 Å². The van der Waals surface area contributed by atoms with Crippen LogP contribution >= 0.6 is 0 Å². The molecular weight excluding hydrogens is 264 g/mol. The van der Waals surface area contributed by atoms with E-state index in [-0.39, 0.29) is 19.5 Å². The van der Waals surface area contributed by atoms with Gasteiger partial charge < -0.3 is 14.7 Å². The lowest BCUT2D eigenvalue weighted by molar-refractivity contribution is -0.151. The quantitative estimate of drug-likeness (QED) is 0.476. The highest BCUT2D eigenvalue weighted by molar-refractivity contribution is 5.76. The molecule has 1 fully saturated rings. The van der Waals surface area contributed by atoms with E-state index in [9.17, 15) is 14.7 Å². The van der Waals surface area contributed by atoms with E-state index in [0.717, 1.165) is 0 Å². The monoisotopic (exact) mass is 284 g/mol. The Balaban J connectivity index is 2.93. The second-order valence-corrected chi connectivity index (χ2v) is 6.29. The highest BCUT2D eigenvalue weighted by atomic mass is 16.6. The van der Waals surface area contributed by atoms with Crippen LogP contribution in [-0.4, -0.2) is 46.8 Å². The minimum absolute atomic E-state index is 0.0364. The number of nitrogens with zero attached hydrogens (tertiary/aromatic N) is 4. The Bertz CT molecular complexity index is 453. The van der Waals surface area contributed by atoms with Gasteiger partial charge in [0, 0.05) is 18.0 Å². The molecule has 8 heteroatoms. The zero-order valence-corrected chi connectivity index (χ0v) is 12.2. The number of hydrogen-bond donors (Lipinski definition) is 1. The molecule has 0 unspecified atom stereocenters. The standard InChI is InChI=1S/C12H20N4O4/c1-11(2,3)20-10(19)16-6-8(14-15-13)5-12(4,7-16)9(17)18/h8H,5-7H2,1-4H3,(H,17,18)/t8-,12-/m1/s1. The van der Waals surface area contributed by atoms with Gasteiger partial charge in [-0.2, -0.15) is 0 Å². The molecule has 0 bridgehead atoms. The summed E-state index contributed by atoms with van der Waals surface area (Å²) in [5.74, 6) is -1.02. The van der Waals surface area contributed by atoms with Gasteiger partial charge in [-0.1, -0.05) is 5.11 Å². The number of piperidine rings is 1. The number of aliphatic carboxylic acids is 1. The van der Waals surface area contributed by atoms with Gasteiger partial charge in [-0.15, -0.1) is 0 Å². The van der Waals surface area contributed by atoms with Crippen molar-refractivity contribution >= 4 is 12.1 Å². The molecule has 1 rings (SSSR count). The first kappa shape index (κ1) is 16.1. The SMILES string of the molecule is CC(C)(C)OC(=O)N1C[C@H](N=[N+]=[N-])C[C@@](C)(C(=O)O)C1. The van der Waals surface area contributed by atoms with Crippen molar-refractivity contribution < 1.29 is 19.4 Å². The van der Waals surface area contributed by atoms with Gasteiger partial charge in [-0.3, -0.25) is 4.79 Å². The maximum Gasteiger partial charge on any atom is 0.410 e. The zero-order chi connectivity index (χ0) is 15.6. The van der Waals surface area contributed by atoms with Crippen LogP contribution < -0.4 is 0 Å². The fourth-order valence-corrected chi connectivity index (χ4v) is 2.16. The number of rotatable bonds is 2. The highest BCUT2D eigenvalue weighted by Crippen LogP contribution is 2.32. The van der Waals surface area contributed by atoms with E-state index in [4.69, 9.17) is 10.3 Å². The van der Waals surface area contributed by atoms with Crippen LogP contribution in [-0.2, 0) is 9.53 Å². The summed E-state index contributed by atoms with van der Waals surface area (Å²) in [6.45, 7) is 6.94. The third-order valence-corrected chi connectivity index (χ3v) is 3.04. The lowest BCUT2D eigenvalue weighted by atomic mass is 9.80. The Hall–Kier alpha value is -1.95. The summed E-state index contributed by atoms with van der Waals surface area (Å²) in [4.78, 5) is 27.4. The number of azide groups is 1. The average molecular weight is 284 g/mol. The molecule has 1 amide bonds. The van der Waals surface area contributed by atoms with Gasteiger partial charge in [-0.05, 0) is 39.6 Å². The maximum atomic E-state index is 12.0. The minimum Gasteiger partial charge on any atom is -0.481 e. The van der Waals surface area contributed by atoms with Gasteiger partial charge >= 0.3 is 12.1 Å². The van der Waals surface area contributed by atoms with Crippen molar-refractivity contribution in [1.29, 1.82) is 0 Å². The number of carbonyl (C=O) groups is 2. The molecule has 1 saturated heterocycles. The molecule has 0 aromatic rings. The third-order valence-electron chi connectivity index (χ3n) is 3.04. The predicted octanol–water partition coefficient (Wildman–Crippen LogP) is 2.40. The predicted molar refractivity (Wildman–Crippen MR) is 71.1 cm³/mol. The fourth-order valence-electron chi connectivity index (χ4n) is 2.16. The fraction of sp³-hybridized carbons (Fsp3) is 0.833. The summed E-state index contributed by atoms with van der Waals surface area (Å²) in [5, 5.41) is 12.9. The zero-order valence-electron chi connectivity index (χ0n) is 12.2. The lowest BCUT2D eigenvalue weighted by Gasteiger charge is -2.40. The van der Waals surface area contributed by atoms with E-state index in [1.54, 1.807) is 20.8 Å². The van der Waals surface area contributed by atoms with Crippen molar-refractivity contribution in [2.75, 3.05) is 13.1 Å². The summed E-state index contributed by atoms with van der Waals surface area (Å²) in [7, 11) is 0. The molecule has 0 spiro atoms. The first-order valence-corrected chi connectivity index (χ1v) is 6.33. The summed E-state index contributed by atoms with van der Waals surface area (Å²) in [6.07, 6.45) is -0.395. The summed E-state index contributed by atoms with van der Waals surface area (Å²) in [5.41, 5.74) is 6.71. The van der Waals surface area contributed by atoms with Gasteiger partial charge in [0.15, 0.2) is 0 Å². The number of ether oxygens (including phenoxy) is 1. The van der Waals surface area contributed by atoms with Crippen molar-refractivity contribution in [2.24, 2.45) is 10.5 Å². The second-order valence-electron chi connectivity index (χ2n) is 6.29. The molecule has 0 radical (unpaired) electrons. The minimum atomic E-state index is -1.14. The summed E-state index contributed by atoms with van der Waals surface area (Å²) < 4.78 is 5.24. The molecule has 2 atom stereocenters. The molecule has 0 aromatic carbocycles. The number of carboxylic acids is 1. The van der Waals surface area contributed by atoms with Crippen LogP contribution in [0.15, 0.2) is 5.11 Å². The Morgan fingerprint density at radius 3 is 2.55 bits per heavy atom. The summed E-state index contributed by atoms with van der Waals surface area (Å²) >= 11 is 0. The normalized spacial score (nSPS) is 26.6. The molecule has 0 aliphatic carbocycles. The molecule has 1 heterocycles. The molecule has 1 N–H and O–H groups in total. The molecule has 8 nitrogen and oxygen atoms in total. The highest BCUT2D eigenvalue weighted by Gasteiger charge is 2.44. The van der Waals surface area contributed by atoms with E-state index in [2.05, 4.69) is 10.0 Å². The molecule has 0 aromatic heterocycles. The molecule has 1 aliphatic rings. The Labute approximate surface area is 117 Å². The molecular formula is C12H20N4O4. The smallest absolute Gasteiger partial charge is 0.410 e. The van der Waals surface area contributed by atoms with Crippen molar-refractivity contribution in [1.82, 2.24) is 4.90 Å². The number of carboxylic acid groups (broad SMARTS) is 1. The van der Waals surface area contributed by atoms with E-state index in [0.29, 0.717) is 0 Å². The molecule has 20 heavy (non-hydrogen) atoms. The number of amides is 1. The van der Waals surface area contributed by atoms with Crippen LogP contribution in [0.2, 0.25) is 0 Å². The van der Waals surface area contributed by atoms with Gasteiger partial charge in [0.25, 0.3) is 0 Å². The van der Waals surface area contributed by atoms with Crippen LogP contribution in [0.1, 0.15) is 34.1 Å². The van der Waals surface area contributed by atoms with Crippen LogP contribution in [0.25, 0.3) is 10.4 Å². The van der Waals surface area contributed by atoms with Crippen molar-refractivity contribution in [3.05, 3.63) is 10.4 Å². The second kappa shape index (κ2) is 5.58. The Morgan fingerprint density at radius 1 is 1.50 bits per heavy atom. The van der Waals surface area contributed by atoms with Crippen molar-refractivity contribution in [3.63, 3.8) is 0 Å². The Kier molecular flexibility index (Phi) is 4.50. The van der Waals surface area contributed by atoms with Crippen molar-refractivity contribution in [3.8, 4) is 0 Å². The van der Waals surface area contributed by atoms with E-state index in [1.807, 2.05) is 0 Å². The molecule has 112 valence electrons.